The van der Waals surface area contributed by atoms with Crippen LogP contribution in [0.5, 0.6) is 17.2 Å². The number of nitriles is 2. The van der Waals surface area contributed by atoms with Crippen molar-refractivity contribution in [1.29, 1.82) is 15.9 Å². The molecule has 0 fully saturated rings. The summed E-state index contributed by atoms with van der Waals surface area (Å²) in [7, 11) is -3.17. The van der Waals surface area contributed by atoms with Crippen molar-refractivity contribution in [3.05, 3.63) is 52.1 Å². The van der Waals surface area contributed by atoms with E-state index in [9.17, 15) is 14.7 Å². The van der Waals surface area contributed by atoms with Gasteiger partial charge in [-0.15, -0.1) is 0 Å². The lowest BCUT2D eigenvalue weighted by atomic mass is 9.78. The van der Waals surface area contributed by atoms with Crippen LogP contribution >= 0.6 is 23.8 Å². The number of halogens is 1. The topological polar surface area (TPSA) is 161 Å². The highest BCUT2D eigenvalue weighted by Gasteiger charge is 2.39. The predicted octanol–water partition coefficient (Wildman–Crippen LogP) is 4.99. The summed E-state index contributed by atoms with van der Waals surface area (Å²) >= 11 is 3.35. The fourth-order valence-corrected chi connectivity index (χ4v) is 5.31. The van der Waals surface area contributed by atoms with Crippen LogP contribution in [0.15, 0.2) is 41.0 Å². The zero-order valence-electron chi connectivity index (χ0n) is 17.7. The molecule has 0 aliphatic carbocycles. The number of H-pyrrole nitrogens is 1. The third-order valence-corrected chi connectivity index (χ3v) is 6.81. The lowest BCUT2D eigenvalue weighted by Crippen LogP contribution is -2.31. The number of aromatic amines is 1. The van der Waals surface area contributed by atoms with Crippen LogP contribution in [0.25, 0.3) is 10.9 Å². The van der Waals surface area contributed by atoms with E-state index in [1.165, 1.54) is 7.11 Å². The van der Waals surface area contributed by atoms with E-state index in [0.29, 0.717) is 16.9 Å². The highest BCUT2D eigenvalue weighted by atomic mass is 79.9. The van der Waals surface area contributed by atoms with E-state index in [1.54, 1.807) is 18.3 Å². The zero-order chi connectivity index (χ0) is 24.5. The first kappa shape index (κ1) is 23.8. The van der Waals surface area contributed by atoms with E-state index in [-0.39, 0.29) is 34.9 Å². The average Bonchev–Trinajstić information content (AvgIpc) is 3.29. The van der Waals surface area contributed by atoms with Crippen molar-refractivity contribution in [2.24, 2.45) is 5.92 Å². The Morgan fingerprint density at radius 2 is 2.12 bits per heavy atom. The molecule has 2 heterocycles. The maximum absolute atomic E-state index is 12.3. The van der Waals surface area contributed by atoms with E-state index < -0.39 is 19.7 Å². The normalized spacial score (nSPS) is 18.8. The molecule has 3 unspecified atom stereocenters. The van der Waals surface area contributed by atoms with Crippen LogP contribution in [0.3, 0.4) is 0 Å². The Hall–Kier alpha value is -3.34. The molecule has 1 aromatic heterocycles. The van der Waals surface area contributed by atoms with Gasteiger partial charge in [-0.2, -0.15) is 10.5 Å². The molecule has 1 aliphatic rings. The first-order valence-electron chi connectivity index (χ1n) is 9.96. The molecule has 0 bridgehead atoms. The maximum atomic E-state index is 12.3. The van der Waals surface area contributed by atoms with Gasteiger partial charge in [-0.3, -0.25) is 14.8 Å². The molecule has 3 N–H and O–H groups in total. The maximum Gasteiger partial charge on any atom is 0.527 e. The van der Waals surface area contributed by atoms with Gasteiger partial charge in [0.15, 0.2) is 11.5 Å². The van der Waals surface area contributed by atoms with Gasteiger partial charge < -0.3 is 19.0 Å². The van der Waals surface area contributed by atoms with Crippen LogP contribution < -0.4 is 14.0 Å². The van der Waals surface area contributed by atoms with Gasteiger partial charge in [-0.1, -0.05) is 6.07 Å². The molecule has 34 heavy (non-hydrogen) atoms. The van der Waals surface area contributed by atoms with Crippen LogP contribution in [0.4, 0.5) is 0 Å². The Morgan fingerprint density at radius 3 is 2.82 bits per heavy atom. The van der Waals surface area contributed by atoms with Gasteiger partial charge in [0.05, 0.1) is 36.7 Å². The summed E-state index contributed by atoms with van der Waals surface area (Å²) in [5.41, 5.74) is 2.15. The first-order valence-corrected chi connectivity index (χ1v) is 12.3. The van der Waals surface area contributed by atoms with Gasteiger partial charge in [-0.25, -0.2) is 4.57 Å². The highest BCUT2D eigenvalue weighted by Crippen LogP contribution is 2.52. The van der Waals surface area contributed by atoms with Gasteiger partial charge in [0.25, 0.3) is 0 Å². The molecule has 0 radical (unpaired) electrons. The summed E-state index contributed by atoms with van der Waals surface area (Å²) in [6.07, 6.45) is 1.69. The van der Waals surface area contributed by atoms with Crippen LogP contribution in [0, 0.1) is 34.0 Å². The van der Waals surface area contributed by atoms with Crippen LogP contribution in [-0.4, -0.2) is 29.5 Å². The summed E-state index contributed by atoms with van der Waals surface area (Å²) in [5.74, 6) is -1.15. The van der Waals surface area contributed by atoms with Crippen LogP contribution in [-0.2, 0) is 9.09 Å². The van der Waals surface area contributed by atoms with Gasteiger partial charge in [0.2, 0.25) is 5.90 Å². The second kappa shape index (κ2) is 9.49. The summed E-state index contributed by atoms with van der Waals surface area (Å²) in [5, 5.41) is 27.6. The number of benzene rings is 2. The molecule has 3 atom stereocenters. The van der Waals surface area contributed by atoms with Crippen molar-refractivity contribution in [3.63, 3.8) is 0 Å². The number of ether oxygens (including phenoxy) is 2. The molecule has 0 amide bonds. The zero-order valence-corrected chi connectivity index (χ0v) is 20.2. The van der Waals surface area contributed by atoms with Crippen molar-refractivity contribution >= 4 is 40.6 Å². The number of hydrogen-bond donors (Lipinski definition) is 3. The molecule has 0 saturated carbocycles. The molecule has 0 saturated heterocycles. The molecule has 3 aromatic rings. The summed E-state index contributed by atoms with van der Waals surface area (Å²) in [4.78, 5) is 13.1. The van der Waals surface area contributed by atoms with Gasteiger partial charge in [0, 0.05) is 28.6 Å². The number of methoxy groups -OCH3 is 1. The number of nitrogens with zero attached hydrogens (tertiary/aromatic N) is 2. The largest absolute Gasteiger partial charge is 0.527 e. The smallest absolute Gasteiger partial charge is 0.493 e. The van der Waals surface area contributed by atoms with E-state index in [2.05, 4.69) is 27.0 Å². The predicted molar refractivity (Wildman–Crippen MR) is 125 cm³/mol. The average molecular weight is 545 g/mol. The number of aromatic nitrogens is 1. The van der Waals surface area contributed by atoms with Gasteiger partial charge in [0.1, 0.15) is 11.7 Å². The summed E-state index contributed by atoms with van der Waals surface area (Å²) in [6.45, 7) is -0.277. The molecular formula is C22H18BrN4O6P. The number of phosphoric acid groups is 1. The van der Waals surface area contributed by atoms with Crippen LogP contribution in [0.1, 0.15) is 23.5 Å². The summed E-state index contributed by atoms with van der Waals surface area (Å²) in [6, 6.07) is 12.7. The minimum atomic E-state index is -4.53. The molecule has 4 rings (SSSR count). The molecule has 12 heteroatoms. The standard InChI is InChI=1S/C22H18BrN4O6P/c1-30-18-10-12(9-16(23)21(18)33-34(28,29)31-8-2-6-24)19-14-3-4-17-13(5-7-27-17)20(14)32-22(26)15(19)11-25/h3-5,7,9-10,15,19,26-27H,2,8H2,1H3,(H,28,29). The second-order valence-electron chi connectivity index (χ2n) is 7.31. The lowest BCUT2D eigenvalue weighted by Gasteiger charge is -2.31. The van der Waals surface area contributed by atoms with Crippen molar-refractivity contribution < 1.29 is 28.0 Å². The summed E-state index contributed by atoms with van der Waals surface area (Å²) < 4.78 is 33.7. The second-order valence-corrected chi connectivity index (χ2v) is 9.54. The van der Waals surface area contributed by atoms with Gasteiger partial charge in [-0.05, 0) is 45.8 Å². The Bertz CT molecular complexity index is 1410. The van der Waals surface area contributed by atoms with E-state index in [1.807, 2.05) is 24.3 Å². The monoisotopic (exact) mass is 544 g/mol. The Morgan fingerprint density at radius 1 is 1.32 bits per heavy atom. The molecule has 174 valence electrons. The molecule has 0 spiro atoms. The SMILES string of the molecule is COc1cc(C2c3ccc4[nH]ccc4c3OC(=N)C2C#N)cc(Br)c1OP(=O)(O)OCCC#N. The highest BCUT2D eigenvalue weighted by molar-refractivity contribution is 9.10. The fraction of sp³-hybridized carbons (Fsp3) is 0.227. The van der Waals surface area contributed by atoms with E-state index in [0.717, 1.165) is 10.9 Å². The first-order chi connectivity index (χ1) is 16.3. The number of hydrogen-bond acceptors (Lipinski definition) is 8. The van der Waals surface area contributed by atoms with Crippen molar-refractivity contribution in [2.75, 3.05) is 13.7 Å². The minimum absolute atomic E-state index is 0.0778. The Balaban J connectivity index is 1.79. The third-order valence-electron chi connectivity index (χ3n) is 5.30. The van der Waals surface area contributed by atoms with Crippen molar-refractivity contribution in [3.8, 4) is 29.4 Å². The third kappa shape index (κ3) is 4.39. The fourth-order valence-electron chi connectivity index (χ4n) is 3.85. The number of fused-ring (bicyclic) bond motifs is 3. The van der Waals surface area contributed by atoms with E-state index in [4.69, 9.17) is 29.2 Å². The molecule has 2 aromatic carbocycles. The molecule has 1 aliphatic heterocycles. The molecule has 10 nitrogen and oxygen atoms in total. The minimum Gasteiger partial charge on any atom is -0.493 e. The Labute approximate surface area is 202 Å². The number of phosphoric ester groups is 1. The number of rotatable bonds is 7. The van der Waals surface area contributed by atoms with Crippen molar-refractivity contribution in [2.45, 2.75) is 12.3 Å². The lowest BCUT2D eigenvalue weighted by molar-refractivity contribution is 0.204. The quantitative estimate of drug-likeness (QED) is 0.276. The van der Waals surface area contributed by atoms with E-state index >= 15 is 0 Å². The van der Waals surface area contributed by atoms with Gasteiger partial charge >= 0.3 is 7.82 Å². The Kier molecular flexibility index (Phi) is 6.65. The number of nitrogens with one attached hydrogen (secondary N) is 2. The van der Waals surface area contributed by atoms with Crippen molar-refractivity contribution in [1.82, 2.24) is 4.98 Å². The molecular weight excluding hydrogens is 527 g/mol. The van der Waals surface area contributed by atoms with Crippen LogP contribution in [0.2, 0.25) is 0 Å².